The number of carbonyl (C=O) groups excluding carboxylic acids is 1. The number of hydrogen-bond acceptors (Lipinski definition) is 1. The highest BCUT2D eigenvalue weighted by Gasteiger charge is 2.18. The van der Waals surface area contributed by atoms with Gasteiger partial charge in [0.15, 0.2) is 0 Å². The Bertz CT molecular complexity index is 322. The van der Waals surface area contributed by atoms with Gasteiger partial charge in [0.25, 0.3) is 0 Å². The van der Waals surface area contributed by atoms with Crippen LogP contribution >= 0.6 is 0 Å². The average molecular weight is 219 g/mol. The van der Waals surface area contributed by atoms with E-state index in [-0.39, 0.29) is 6.04 Å². The molecule has 0 aromatic heterocycles. The second kappa shape index (κ2) is 7.04. The van der Waals surface area contributed by atoms with Crippen molar-refractivity contribution < 1.29 is 4.79 Å². The highest BCUT2D eigenvalue weighted by atomic mass is 16.1. The Kier molecular flexibility index (Phi) is 5.62. The SMILES string of the molecule is CCC.O=CNC1CCCc2ccccc21. The van der Waals surface area contributed by atoms with Gasteiger partial charge < -0.3 is 5.32 Å². The van der Waals surface area contributed by atoms with E-state index in [4.69, 9.17) is 0 Å². The van der Waals surface area contributed by atoms with Crippen LogP contribution in [0, 0.1) is 0 Å². The molecule has 0 fully saturated rings. The van der Waals surface area contributed by atoms with E-state index in [9.17, 15) is 4.79 Å². The van der Waals surface area contributed by atoms with Crippen molar-refractivity contribution in [2.24, 2.45) is 0 Å². The Morgan fingerprint density at radius 1 is 1.38 bits per heavy atom. The predicted octanol–water partition coefficient (Wildman–Crippen LogP) is 3.23. The molecule has 2 heteroatoms. The van der Waals surface area contributed by atoms with Crippen molar-refractivity contribution >= 4 is 6.41 Å². The maximum Gasteiger partial charge on any atom is 0.207 e. The maximum absolute atomic E-state index is 10.4. The summed E-state index contributed by atoms with van der Waals surface area (Å²) in [5.41, 5.74) is 2.67. The van der Waals surface area contributed by atoms with Crippen LogP contribution in [0.3, 0.4) is 0 Å². The van der Waals surface area contributed by atoms with Crippen molar-refractivity contribution in [1.29, 1.82) is 0 Å². The molecule has 2 rings (SSSR count). The lowest BCUT2D eigenvalue weighted by atomic mass is 9.88. The molecule has 1 aromatic carbocycles. The zero-order chi connectivity index (χ0) is 11.8. The van der Waals surface area contributed by atoms with Crippen LogP contribution in [0.15, 0.2) is 24.3 Å². The first kappa shape index (κ1) is 12.8. The van der Waals surface area contributed by atoms with Crippen molar-refractivity contribution in [3.8, 4) is 0 Å². The van der Waals surface area contributed by atoms with Crippen molar-refractivity contribution in [1.82, 2.24) is 5.32 Å². The number of amides is 1. The van der Waals surface area contributed by atoms with E-state index in [1.807, 2.05) is 6.07 Å². The molecule has 0 radical (unpaired) electrons. The average Bonchev–Trinajstić information content (AvgIpc) is 2.31. The van der Waals surface area contributed by atoms with Crippen LogP contribution in [0.2, 0.25) is 0 Å². The van der Waals surface area contributed by atoms with E-state index in [0.717, 1.165) is 19.3 Å². The smallest absolute Gasteiger partial charge is 0.207 e. The molecule has 1 aromatic rings. The zero-order valence-electron chi connectivity index (χ0n) is 10.2. The van der Waals surface area contributed by atoms with E-state index in [1.165, 1.54) is 24.0 Å². The molecule has 0 aliphatic heterocycles. The summed E-state index contributed by atoms with van der Waals surface area (Å²) in [6.07, 6.45) is 5.43. The molecule has 1 amide bonds. The summed E-state index contributed by atoms with van der Waals surface area (Å²) in [6, 6.07) is 8.58. The third-order valence-electron chi connectivity index (χ3n) is 2.64. The van der Waals surface area contributed by atoms with Gasteiger partial charge in [0.1, 0.15) is 0 Å². The molecule has 0 bridgehead atoms. The van der Waals surface area contributed by atoms with Gasteiger partial charge in [0.05, 0.1) is 6.04 Å². The molecule has 2 nitrogen and oxygen atoms in total. The van der Waals surface area contributed by atoms with E-state index in [0.29, 0.717) is 0 Å². The van der Waals surface area contributed by atoms with Gasteiger partial charge in [-0.15, -0.1) is 0 Å². The fourth-order valence-electron chi connectivity index (χ4n) is 2.01. The van der Waals surface area contributed by atoms with E-state index < -0.39 is 0 Å². The Hall–Kier alpha value is -1.31. The maximum atomic E-state index is 10.4. The molecule has 0 heterocycles. The lowest BCUT2D eigenvalue weighted by molar-refractivity contribution is -0.110. The van der Waals surface area contributed by atoms with Crippen LogP contribution in [0.5, 0.6) is 0 Å². The fraction of sp³-hybridized carbons (Fsp3) is 0.500. The molecular weight excluding hydrogens is 198 g/mol. The van der Waals surface area contributed by atoms with Crippen LogP contribution in [-0.4, -0.2) is 6.41 Å². The number of benzene rings is 1. The standard InChI is InChI=1S/C11H13NO.C3H8/c13-8-12-11-7-3-5-9-4-1-2-6-10(9)11;1-3-2/h1-2,4,6,8,11H,3,5,7H2,(H,12,13);3H2,1-2H3. The Balaban J connectivity index is 0.000000386. The van der Waals surface area contributed by atoms with Crippen molar-refractivity contribution in [2.75, 3.05) is 0 Å². The summed E-state index contributed by atoms with van der Waals surface area (Å²) in [5.74, 6) is 0. The van der Waals surface area contributed by atoms with Crippen LogP contribution in [-0.2, 0) is 11.2 Å². The van der Waals surface area contributed by atoms with Gasteiger partial charge in [-0.05, 0) is 30.4 Å². The first-order chi connectivity index (χ1) is 7.83. The highest BCUT2D eigenvalue weighted by molar-refractivity contribution is 5.48. The van der Waals surface area contributed by atoms with E-state index >= 15 is 0 Å². The lowest BCUT2D eigenvalue weighted by Crippen LogP contribution is -2.23. The Labute approximate surface area is 98.1 Å². The number of fused-ring (bicyclic) bond motifs is 1. The largest absolute Gasteiger partial charge is 0.352 e. The van der Waals surface area contributed by atoms with Crippen LogP contribution in [0.25, 0.3) is 0 Å². The summed E-state index contributed by atoms with van der Waals surface area (Å²) in [5, 5.41) is 2.86. The minimum atomic E-state index is 0.238. The molecule has 1 unspecified atom stereocenters. The van der Waals surface area contributed by atoms with Gasteiger partial charge in [0, 0.05) is 0 Å². The highest BCUT2D eigenvalue weighted by Crippen LogP contribution is 2.28. The van der Waals surface area contributed by atoms with Gasteiger partial charge in [-0.1, -0.05) is 44.5 Å². The lowest BCUT2D eigenvalue weighted by Gasteiger charge is -2.24. The summed E-state index contributed by atoms with van der Waals surface area (Å²) < 4.78 is 0. The Morgan fingerprint density at radius 3 is 2.75 bits per heavy atom. The summed E-state index contributed by atoms with van der Waals surface area (Å²) in [7, 11) is 0. The van der Waals surface area contributed by atoms with Gasteiger partial charge in [0.2, 0.25) is 6.41 Å². The molecule has 1 aliphatic carbocycles. The van der Waals surface area contributed by atoms with Crippen molar-refractivity contribution in [3.63, 3.8) is 0 Å². The predicted molar refractivity (Wildman–Crippen MR) is 67.3 cm³/mol. The van der Waals surface area contributed by atoms with Gasteiger partial charge >= 0.3 is 0 Å². The molecular formula is C14H21NO. The molecule has 0 saturated carbocycles. The summed E-state index contributed by atoms with van der Waals surface area (Å²) >= 11 is 0. The number of carbonyl (C=O) groups is 1. The minimum absolute atomic E-state index is 0.238. The first-order valence-corrected chi connectivity index (χ1v) is 6.11. The summed E-state index contributed by atoms with van der Waals surface area (Å²) in [4.78, 5) is 10.4. The molecule has 0 saturated heterocycles. The van der Waals surface area contributed by atoms with Gasteiger partial charge in [-0.25, -0.2) is 0 Å². The second-order valence-electron chi connectivity index (χ2n) is 4.14. The number of aryl methyl sites for hydroxylation is 1. The third kappa shape index (κ3) is 3.37. The van der Waals surface area contributed by atoms with E-state index in [1.54, 1.807) is 0 Å². The number of nitrogens with one attached hydrogen (secondary N) is 1. The van der Waals surface area contributed by atoms with Crippen molar-refractivity contribution in [2.45, 2.75) is 45.6 Å². The fourth-order valence-corrected chi connectivity index (χ4v) is 2.01. The number of hydrogen-bond donors (Lipinski definition) is 1. The molecule has 1 atom stereocenters. The van der Waals surface area contributed by atoms with Crippen molar-refractivity contribution in [3.05, 3.63) is 35.4 Å². The van der Waals surface area contributed by atoms with Gasteiger partial charge in [-0.2, -0.15) is 0 Å². The van der Waals surface area contributed by atoms with Crippen LogP contribution in [0.4, 0.5) is 0 Å². The molecule has 88 valence electrons. The van der Waals surface area contributed by atoms with Crippen LogP contribution in [0.1, 0.15) is 50.3 Å². The Morgan fingerprint density at radius 2 is 2.06 bits per heavy atom. The van der Waals surface area contributed by atoms with E-state index in [2.05, 4.69) is 37.4 Å². The topological polar surface area (TPSA) is 29.1 Å². The molecule has 1 aliphatic rings. The monoisotopic (exact) mass is 219 g/mol. The normalized spacial score (nSPS) is 17.8. The molecule has 16 heavy (non-hydrogen) atoms. The summed E-state index contributed by atoms with van der Waals surface area (Å²) in [6.45, 7) is 4.25. The molecule has 0 spiro atoms. The number of rotatable bonds is 2. The molecule has 1 N–H and O–H groups in total. The second-order valence-corrected chi connectivity index (χ2v) is 4.14. The quantitative estimate of drug-likeness (QED) is 0.760. The third-order valence-corrected chi connectivity index (χ3v) is 2.64. The van der Waals surface area contributed by atoms with Gasteiger partial charge in [-0.3, -0.25) is 4.79 Å². The first-order valence-electron chi connectivity index (χ1n) is 6.11. The minimum Gasteiger partial charge on any atom is -0.352 e. The zero-order valence-corrected chi connectivity index (χ0v) is 10.2. The van der Waals surface area contributed by atoms with Crippen LogP contribution < -0.4 is 5.32 Å².